The normalized spacial score (nSPS) is 50.2. The number of carbonyl (C=O) groups excluding carboxylic acids is 1. The molecule has 0 spiro atoms. The number of ketones is 1. The number of hydrogen-bond donors (Lipinski definition) is 1. The van der Waals surface area contributed by atoms with Gasteiger partial charge in [0.2, 0.25) is 0 Å². The van der Waals surface area contributed by atoms with Crippen LogP contribution in [0.1, 0.15) is 33.6 Å². The van der Waals surface area contributed by atoms with E-state index in [2.05, 4.69) is 13.8 Å². The van der Waals surface area contributed by atoms with Crippen molar-refractivity contribution in [1.29, 1.82) is 0 Å². The number of aliphatic hydroxyl groups is 1. The van der Waals surface area contributed by atoms with Crippen molar-refractivity contribution < 1.29 is 9.90 Å². The quantitative estimate of drug-likeness (QED) is 0.593. The fourth-order valence-corrected chi connectivity index (χ4v) is 2.97. The zero-order chi connectivity index (χ0) is 9.15. The van der Waals surface area contributed by atoms with Gasteiger partial charge in [-0.25, -0.2) is 0 Å². The molecule has 68 valence electrons. The predicted molar refractivity (Wildman–Crippen MR) is 45.6 cm³/mol. The molecule has 1 N–H and O–H groups in total. The van der Waals surface area contributed by atoms with Gasteiger partial charge in [-0.05, 0) is 24.7 Å². The maximum absolute atomic E-state index is 11.6. The molecule has 0 aromatic rings. The molecule has 0 aromatic heterocycles. The van der Waals surface area contributed by atoms with Gasteiger partial charge < -0.3 is 5.11 Å². The highest BCUT2D eigenvalue weighted by Crippen LogP contribution is 2.63. The van der Waals surface area contributed by atoms with Crippen LogP contribution in [0.3, 0.4) is 0 Å². The molecule has 0 unspecified atom stereocenters. The van der Waals surface area contributed by atoms with Crippen molar-refractivity contribution >= 4 is 5.78 Å². The van der Waals surface area contributed by atoms with Crippen LogP contribution in [-0.2, 0) is 4.79 Å². The van der Waals surface area contributed by atoms with Crippen molar-refractivity contribution in [2.24, 2.45) is 16.7 Å². The molecular formula is C10H16O2. The highest BCUT2D eigenvalue weighted by atomic mass is 16.3. The van der Waals surface area contributed by atoms with E-state index in [9.17, 15) is 9.90 Å². The van der Waals surface area contributed by atoms with Crippen molar-refractivity contribution in [1.82, 2.24) is 0 Å². The summed E-state index contributed by atoms with van der Waals surface area (Å²) in [6, 6.07) is 0. The first-order chi connectivity index (χ1) is 5.40. The van der Waals surface area contributed by atoms with Crippen LogP contribution in [0.2, 0.25) is 0 Å². The van der Waals surface area contributed by atoms with Gasteiger partial charge in [-0.1, -0.05) is 13.8 Å². The van der Waals surface area contributed by atoms with Crippen molar-refractivity contribution in [3.8, 4) is 0 Å². The van der Waals surface area contributed by atoms with Crippen LogP contribution in [0, 0.1) is 16.7 Å². The van der Waals surface area contributed by atoms with Gasteiger partial charge in [0.1, 0.15) is 5.78 Å². The van der Waals surface area contributed by atoms with Gasteiger partial charge in [0.25, 0.3) is 0 Å². The molecular weight excluding hydrogens is 152 g/mol. The average molecular weight is 168 g/mol. The number of fused-ring (bicyclic) bond motifs is 2. The van der Waals surface area contributed by atoms with Crippen LogP contribution in [0.5, 0.6) is 0 Å². The molecule has 2 heteroatoms. The van der Waals surface area contributed by atoms with Crippen molar-refractivity contribution in [3.63, 3.8) is 0 Å². The fraction of sp³-hybridized carbons (Fsp3) is 0.900. The minimum atomic E-state index is -0.461. The summed E-state index contributed by atoms with van der Waals surface area (Å²) in [4.78, 5) is 11.6. The van der Waals surface area contributed by atoms with Gasteiger partial charge in [0.15, 0.2) is 0 Å². The van der Waals surface area contributed by atoms with Crippen LogP contribution in [-0.4, -0.2) is 17.0 Å². The molecule has 12 heavy (non-hydrogen) atoms. The second-order valence-corrected chi connectivity index (χ2v) is 5.00. The summed E-state index contributed by atoms with van der Waals surface area (Å²) in [6.07, 6.45) is 1.09. The summed E-state index contributed by atoms with van der Waals surface area (Å²) in [6.45, 7) is 6.14. The Morgan fingerprint density at radius 1 is 1.42 bits per heavy atom. The van der Waals surface area contributed by atoms with E-state index < -0.39 is 11.5 Å². The van der Waals surface area contributed by atoms with E-state index in [1.54, 1.807) is 0 Å². The Bertz CT molecular complexity index is 244. The molecule has 0 radical (unpaired) electrons. The van der Waals surface area contributed by atoms with Crippen molar-refractivity contribution in [2.45, 2.75) is 39.7 Å². The monoisotopic (exact) mass is 168 g/mol. The Hall–Kier alpha value is -0.370. The third-order valence-corrected chi connectivity index (χ3v) is 4.54. The van der Waals surface area contributed by atoms with E-state index in [1.807, 2.05) is 6.92 Å². The van der Waals surface area contributed by atoms with Crippen LogP contribution < -0.4 is 0 Å². The number of Topliss-reactive ketones (excluding diaryl/α,β-unsaturated/α-hetero) is 1. The lowest BCUT2D eigenvalue weighted by molar-refractivity contribution is -0.135. The minimum Gasteiger partial charge on any atom is -0.392 e. The van der Waals surface area contributed by atoms with E-state index in [4.69, 9.17) is 0 Å². The molecule has 2 aliphatic carbocycles. The van der Waals surface area contributed by atoms with Gasteiger partial charge in [-0.2, -0.15) is 0 Å². The summed E-state index contributed by atoms with van der Waals surface area (Å²) in [7, 11) is 0. The zero-order valence-electron chi connectivity index (χ0n) is 7.92. The second-order valence-electron chi connectivity index (χ2n) is 5.00. The molecule has 2 bridgehead atoms. The van der Waals surface area contributed by atoms with Crippen LogP contribution in [0.4, 0.5) is 0 Å². The molecule has 2 saturated carbocycles. The smallest absolute Gasteiger partial charge is 0.142 e. The summed E-state index contributed by atoms with van der Waals surface area (Å²) in [5, 5.41) is 9.76. The number of carbonyl (C=O) groups is 1. The summed E-state index contributed by atoms with van der Waals surface area (Å²) < 4.78 is 0. The van der Waals surface area contributed by atoms with Crippen molar-refractivity contribution in [2.75, 3.05) is 0 Å². The lowest BCUT2D eigenvalue weighted by Crippen LogP contribution is -2.41. The molecule has 0 saturated heterocycles. The predicted octanol–water partition coefficient (Wildman–Crippen LogP) is 1.37. The molecule has 3 atom stereocenters. The van der Waals surface area contributed by atoms with E-state index in [1.165, 1.54) is 0 Å². The van der Waals surface area contributed by atoms with Gasteiger partial charge in [0.05, 0.1) is 11.5 Å². The SMILES string of the molecule is CC1(C)[C@H]2CC(=O)[C@@]1(C)[C@@H](O)C2. The molecule has 0 aliphatic heterocycles. The maximum Gasteiger partial charge on any atom is 0.142 e. The van der Waals surface area contributed by atoms with E-state index in [-0.39, 0.29) is 11.2 Å². The zero-order valence-corrected chi connectivity index (χ0v) is 7.92. The number of aliphatic hydroxyl groups excluding tert-OH is 1. The Balaban J connectivity index is 2.51. The van der Waals surface area contributed by atoms with E-state index in [0.717, 1.165) is 6.42 Å². The fourth-order valence-electron chi connectivity index (χ4n) is 2.97. The third kappa shape index (κ3) is 0.598. The Morgan fingerprint density at radius 3 is 2.25 bits per heavy atom. The molecule has 0 heterocycles. The Kier molecular flexibility index (Phi) is 1.32. The lowest BCUT2D eigenvalue weighted by Gasteiger charge is -2.34. The highest BCUT2D eigenvalue weighted by Gasteiger charge is 2.66. The Morgan fingerprint density at radius 2 is 2.00 bits per heavy atom. The first kappa shape index (κ1) is 8.24. The summed E-state index contributed by atoms with van der Waals surface area (Å²) >= 11 is 0. The molecule has 0 aromatic carbocycles. The molecule has 2 aliphatic rings. The van der Waals surface area contributed by atoms with Crippen LogP contribution >= 0.6 is 0 Å². The largest absolute Gasteiger partial charge is 0.392 e. The maximum atomic E-state index is 11.6. The van der Waals surface area contributed by atoms with Gasteiger partial charge in [-0.15, -0.1) is 0 Å². The average Bonchev–Trinajstić information content (AvgIpc) is 2.20. The summed E-state index contributed by atoms with van der Waals surface area (Å²) in [5.41, 5.74) is -0.457. The second kappa shape index (κ2) is 1.92. The highest BCUT2D eigenvalue weighted by molar-refractivity contribution is 5.90. The number of hydrogen-bond acceptors (Lipinski definition) is 2. The van der Waals surface area contributed by atoms with Crippen LogP contribution in [0.15, 0.2) is 0 Å². The molecule has 2 rings (SSSR count). The van der Waals surface area contributed by atoms with Gasteiger partial charge in [0, 0.05) is 6.42 Å². The third-order valence-electron chi connectivity index (χ3n) is 4.54. The standard InChI is InChI=1S/C10H16O2/c1-9(2)6-4-7(11)10(9,3)8(12)5-6/h6-7,11H,4-5H2,1-3H3/t6-,7+,10-/m1/s1. The minimum absolute atomic E-state index is 0.00347. The molecule has 2 nitrogen and oxygen atoms in total. The van der Waals surface area contributed by atoms with Crippen molar-refractivity contribution in [3.05, 3.63) is 0 Å². The number of rotatable bonds is 0. The van der Waals surface area contributed by atoms with E-state index >= 15 is 0 Å². The summed E-state index contributed by atoms with van der Waals surface area (Å²) in [5.74, 6) is 0.668. The van der Waals surface area contributed by atoms with Crippen LogP contribution in [0.25, 0.3) is 0 Å². The first-order valence-corrected chi connectivity index (χ1v) is 4.62. The Labute approximate surface area is 73.0 Å². The molecule has 2 fully saturated rings. The molecule has 0 amide bonds. The topological polar surface area (TPSA) is 37.3 Å². The first-order valence-electron chi connectivity index (χ1n) is 4.62. The van der Waals surface area contributed by atoms with Gasteiger partial charge >= 0.3 is 0 Å². The van der Waals surface area contributed by atoms with Gasteiger partial charge in [-0.3, -0.25) is 4.79 Å². The van der Waals surface area contributed by atoms with E-state index in [0.29, 0.717) is 12.3 Å². The lowest BCUT2D eigenvalue weighted by atomic mass is 9.69.